The van der Waals surface area contributed by atoms with Crippen LogP contribution in [0.2, 0.25) is 0 Å². The maximum atomic E-state index is 12.7. The van der Waals surface area contributed by atoms with Gasteiger partial charge in [-0.1, -0.05) is 0 Å². The molecule has 0 saturated heterocycles. The van der Waals surface area contributed by atoms with Crippen LogP contribution in [0.1, 0.15) is 33.3 Å². The number of carbonyl (C=O) groups excluding carboxylic acids is 1. The Morgan fingerprint density at radius 3 is 2.37 bits per heavy atom. The van der Waals surface area contributed by atoms with E-state index in [2.05, 4.69) is 5.32 Å². The van der Waals surface area contributed by atoms with E-state index in [1.54, 1.807) is 32.2 Å². The third-order valence-corrected chi connectivity index (χ3v) is 6.53. The van der Waals surface area contributed by atoms with Gasteiger partial charge in [-0.3, -0.25) is 9.69 Å². The third kappa shape index (κ3) is 4.58. The molecule has 1 N–H and O–H groups in total. The zero-order chi connectivity index (χ0) is 20.4. The molecule has 27 heavy (non-hydrogen) atoms. The summed E-state index contributed by atoms with van der Waals surface area (Å²) in [5, 5.41) is 2.87. The van der Waals surface area contributed by atoms with Gasteiger partial charge in [-0.25, -0.2) is 12.7 Å². The molecule has 1 unspecified atom stereocenters. The van der Waals surface area contributed by atoms with Crippen LogP contribution in [0.4, 0.5) is 0 Å². The van der Waals surface area contributed by atoms with Crippen molar-refractivity contribution in [2.75, 3.05) is 34.7 Å². The predicted octanol–water partition coefficient (Wildman–Crippen LogP) is 2.18. The summed E-state index contributed by atoms with van der Waals surface area (Å²) >= 11 is 0. The maximum Gasteiger partial charge on any atom is 0.251 e. The van der Waals surface area contributed by atoms with E-state index in [0.717, 1.165) is 15.6 Å². The summed E-state index contributed by atoms with van der Waals surface area (Å²) in [7, 11) is 3.11. The van der Waals surface area contributed by atoms with E-state index in [1.807, 2.05) is 25.1 Å². The van der Waals surface area contributed by atoms with Gasteiger partial charge >= 0.3 is 0 Å². The molecule has 1 aromatic heterocycles. The van der Waals surface area contributed by atoms with Crippen LogP contribution in [0.25, 0.3) is 0 Å². The zero-order valence-corrected chi connectivity index (χ0v) is 17.4. The molecule has 0 aliphatic heterocycles. The van der Waals surface area contributed by atoms with Gasteiger partial charge in [0.15, 0.2) is 0 Å². The van der Waals surface area contributed by atoms with Gasteiger partial charge in [-0.15, -0.1) is 0 Å². The van der Waals surface area contributed by atoms with Crippen molar-refractivity contribution in [3.63, 3.8) is 0 Å². The lowest BCUT2D eigenvalue weighted by Gasteiger charge is -2.23. The predicted molar refractivity (Wildman–Crippen MR) is 104 cm³/mol. The first kappa shape index (κ1) is 21.1. The van der Waals surface area contributed by atoms with E-state index in [-0.39, 0.29) is 16.8 Å². The third-order valence-electron chi connectivity index (χ3n) is 4.59. The van der Waals surface area contributed by atoms with E-state index >= 15 is 0 Å². The number of furan rings is 1. The molecule has 0 bridgehead atoms. The minimum Gasteiger partial charge on any atom is -0.468 e. The van der Waals surface area contributed by atoms with Gasteiger partial charge < -0.3 is 9.73 Å². The van der Waals surface area contributed by atoms with Crippen LogP contribution in [0, 0.1) is 13.8 Å². The Kier molecular flexibility index (Phi) is 6.46. The van der Waals surface area contributed by atoms with E-state index < -0.39 is 10.0 Å². The zero-order valence-electron chi connectivity index (χ0n) is 16.6. The summed E-state index contributed by atoms with van der Waals surface area (Å²) < 4.78 is 31.7. The van der Waals surface area contributed by atoms with Crippen molar-refractivity contribution < 1.29 is 17.6 Å². The average molecular weight is 394 g/mol. The van der Waals surface area contributed by atoms with Crippen molar-refractivity contribution in [1.29, 1.82) is 0 Å². The fraction of sp³-hybridized carbons (Fsp3) is 0.421. The molecule has 7 nitrogen and oxygen atoms in total. The van der Waals surface area contributed by atoms with E-state index in [9.17, 15) is 13.2 Å². The van der Waals surface area contributed by atoms with Crippen molar-refractivity contribution in [3.05, 3.63) is 53.0 Å². The Labute approximate surface area is 161 Å². The van der Waals surface area contributed by atoms with E-state index in [1.165, 1.54) is 20.2 Å². The molecule has 2 aromatic rings. The molecule has 0 aliphatic rings. The minimum atomic E-state index is -3.64. The Bertz CT molecular complexity index is 903. The largest absolute Gasteiger partial charge is 0.468 e. The molecule has 1 atom stereocenters. The number of hydrogen-bond donors (Lipinski definition) is 1. The highest BCUT2D eigenvalue weighted by molar-refractivity contribution is 7.89. The minimum absolute atomic E-state index is 0.125. The van der Waals surface area contributed by atoms with Gasteiger partial charge in [-0.2, -0.15) is 0 Å². The smallest absolute Gasteiger partial charge is 0.251 e. The Hall–Kier alpha value is -2.16. The number of likely N-dealkylation sites (N-methyl/N-ethyl adjacent to an activating group) is 1. The SMILES string of the molecule is Cc1cc(C(=O)NCC(c2ccco2)N(C)C)cc(S(=O)(=O)N(C)C)c1C. The summed E-state index contributed by atoms with van der Waals surface area (Å²) in [6, 6.07) is 6.67. The van der Waals surface area contributed by atoms with Crippen LogP contribution in [0.5, 0.6) is 0 Å². The van der Waals surface area contributed by atoms with Gasteiger partial charge in [0.05, 0.1) is 17.2 Å². The van der Waals surface area contributed by atoms with Crippen LogP contribution >= 0.6 is 0 Å². The lowest BCUT2D eigenvalue weighted by atomic mass is 10.1. The number of carbonyl (C=O) groups is 1. The van der Waals surface area contributed by atoms with Gasteiger partial charge in [0.25, 0.3) is 5.91 Å². The van der Waals surface area contributed by atoms with Crippen molar-refractivity contribution in [1.82, 2.24) is 14.5 Å². The van der Waals surface area contributed by atoms with Gasteiger partial charge in [0.2, 0.25) is 10.0 Å². The summed E-state index contributed by atoms with van der Waals surface area (Å²) in [5.41, 5.74) is 1.70. The van der Waals surface area contributed by atoms with Crippen LogP contribution in [-0.2, 0) is 10.0 Å². The summed E-state index contributed by atoms with van der Waals surface area (Å²) in [4.78, 5) is 14.8. The number of nitrogens with zero attached hydrogens (tertiary/aromatic N) is 2. The van der Waals surface area contributed by atoms with Gasteiger partial charge in [-0.05, 0) is 63.3 Å². The van der Waals surface area contributed by atoms with Crippen molar-refractivity contribution in [2.24, 2.45) is 0 Å². The van der Waals surface area contributed by atoms with Crippen molar-refractivity contribution >= 4 is 15.9 Å². The molecule has 1 heterocycles. The quantitative estimate of drug-likeness (QED) is 0.780. The molecular formula is C19H27N3O4S. The molecule has 8 heteroatoms. The molecule has 0 saturated carbocycles. The van der Waals surface area contributed by atoms with Gasteiger partial charge in [0.1, 0.15) is 5.76 Å². The average Bonchev–Trinajstić information content (AvgIpc) is 3.10. The normalized spacial score (nSPS) is 13.2. The second-order valence-corrected chi connectivity index (χ2v) is 9.03. The number of rotatable bonds is 7. The highest BCUT2D eigenvalue weighted by Gasteiger charge is 2.24. The summed E-state index contributed by atoms with van der Waals surface area (Å²) in [6.45, 7) is 3.88. The number of benzene rings is 1. The van der Waals surface area contributed by atoms with Crippen molar-refractivity contribution in [2.45, 2.75) is 24.8 Å². The topological polar surface area (TPSA) is 82.9 Å². The van der Waals surface area contributed by atoms with Crippen LogP contribution in [0.15, 0.2) is 39.8 Å². The molecule has 1 amide bonds. The maximum absolute atomic E-state index is 12.7. The lowest BCUT2D eigenvalue weighted by molar-refractivity contribution is 0.0938. The number of hydrogen-bond acceptors (Lipinski definition) is 5. The molecule has 0 spiro atoms. The highest BCUT2D eigenvalue weighted by atomic mass is 32.2. The van der Waals surface area contributed by atoms with Crippen LogP contribution in [-0.4, -0.2) is 58.3 Å². The monoisotopic (exact) mass is 393 g/mol. The fourth-order valence-electron chi connectivity index (χ4n) is 2.73. The number of aryl methyl sites for hydroxylation is 1. The highest BCUT2D eigenvalue weighted by Crippen LogP contribution is 2.24. The Morgan fingerprint density at radius 1 is 1.19 bits per heavy atom. The first-order chi connectivity index (χ1) is 12.6. The summed E-state index contributed by atoms with van der Waals surface area (Å²) in [5.74, 6) is 0.419. The first-order valence-corrected chi connectivity index (χ1v) is 10.0. The lowest BCUT2D eigenvalue weighted by Crippen LogP contribution is -2.34. The van der Waals surface area contributed by atoms with E-state index in [4.69, 9.17) is 4.42 Å². The molecule has 2 rings (SSSR count). The molecule has 1 aromatic carbocycles. The first-order valence-electron chi connectivity index (χ1n) is 8.57. The molecular weight excluding hydrogens is 366 g/mol. The summed E-state index contributed by atoms with van der Waals surface area (Å²) in [6.07, 6.45) is 1.59. The second-order valence-electron chi connectivity index (χ2n) is 6.91. The Balaban J connectivity index is 2.28. The number of nitrogens with one attached hydrogen (secondary N) is 1. The molecule has 0 fully saturated rings. The molecule has 0 aliphatic carbocycles. The van der Waals surface area contributed by atoms with Crippen LogP contribution < -0.4 is 5.32 Å². The standard InChI is InChI=1S/C19H27N3O4S/c1-13-10-15(11-18(14(13)2)27(24,25)22(5)6)19(23)20-12-16(21(3)4)17-8-7-9-26-17/h7-11,16H,12H2,1-6H3,(H,20,23). The Morgan fingerprint density at radius 2 is 1.85 bits per heavy atom. The molecule has 0 radical (unpaired) electrons. The van der Waals surface area contributed by atoms with Gasteiger partial charge in [0, 0.05) is 26.2 Å². The fourth-order valence-corrected chi connectivity index (χ4v) is 3.95. The second kappa shape index (κ2) is 8.24. The number of sulfonamides is 1. The van der Waals surface area contributed by atoms with Crippen molar-refractivity contribution in [3.8, 4) is 0 Å². The molecule has 148 valence electrons. The van der Waals surface area contributed by atoms with Crippen LogP contribution in [0.3, 0.4) is 0 Å². The van der Waals surface area contributed by atoms with E-state index in [0.29, 0.717) is 17.7 Å². The number of amides is 1.